The molecule has 148 valence electrons. The highest BCUT2D eigenvalue weighted by molar-refractivity contribution is 7.13. The topological polar surface area (TPSA) is 76.2 Å². The zero-order valence-electron chi connectivity index (χ0n) is 16.2. The summed E-state index contributed by atoms with van der Waals surface area (Å²) in [5, 5.41) is 4.98. The molecular formula is C22H21N3O3S. The molecule has 0 fully saturated rings. The fourth-order valence-corrected chi connectivity index (χ4v) is 3.91. The van der Waals surface area contributed by atoms with Crippen LogP contribution in [-0.2, 0) is 11.2 Å². The molecule has 0 saturated heterocycles. The Labute approximate surface area is 172 Å². The number of imidazole rings is 1. The van der Waals surface area contributed by atoms with E-state index in [2.05, 4.69) is 15.3 Å². The maximum absolute atomic E-state index is 12.5. The molecule has 0 atom stereocenters. The molecule has 0 aliphatic heterocycles. The standard InChI is InChI=1S/C22H21N3O3S/c1-27-18-6-3-5-14(21(18)28-2)8-11-20(26)23-15-9-10-16-17(13-15)25-22(24-16)19-7-4-12-29-19/h3-7,9-10,12-13H,8,11H2,1-2H3,(H,23,26)(H,24,25). The minimum absolute atomic E-state index is 0.0628. The van der Waals surface area contributed by atoms with E-state index >= 15 is 0 Å². The number of carbonyl (C=O) groups is 1. The van der Waals surface area contributed by atoms with Gasteiger partial charge in [0, 0.05) is 12.1 Å². The average molecular weight is 407 g/mol. The third kappa shape index (κ3) is 4.09. The first kappa shape index (κ1) is 19.0. The molecule has 2 N–H and O–H groups in total. The number of H-pyrrole nitrogens is 1. The van der Waals surface area contributed by atoms with Gasteiger partial charge in [-0.3, -0.25) is 4.79 Å². The summed E-state index contributed by atoms with van der Waals surface area (Å²) in [5.41, 5.74) is 3.43. The van der Waals surface area contributed by atoms with Crippen molar-refractivity contribution in [2.24, 2.45) is 0 Å². The van der Waals surface area contributed by atoms with Gasteiger partial charge >= 0.3 is 0 Å². The van der Waals surface area contributed by atoms with Crippen molar-refractivity contribution in [3.8, 4) is 22.2 Å². The van der Waals surface area contributed by atoms with Gasteiger partial charge in [-0.2, -0.15) is 0 Å². The lowest BCUT2D eigenvalue weighted by Gasteiger charge is -2.12. The number of para-hydroxylation sites is 1. The Bertz CT molecular complexity index is 1140. The maximum Gasteiger partial charge on any atom is 0.224 e. The van der Waals surface area contributed by atoms with Gasteiger partial charge in [0.05, 0.1) is 30.1 Å². The number of ether oxygens (including phenoxy) is 2. The molecule has 4 rings (SSSR count). The number of nitrogens with one attached hydrogen (secondary N) is 2. The van der Waals surface area contributed by atoms with E-state index < -0.39 is 0 Å². The Morgan fingerprint density at radius 1 is 1.14 bits per heavy atom. The number of carbonyl (C=O) groups excluding carboxylic acids is 1. The summed E-state index contributed by atoms with van der Waals surface area (Å²) in [6, 6.07) is 15.4. The summed E-state index contributed by atoms with van der Waals surface area (Å²) in [5.74, 6) is 2.11. The Balaban J connectivity index is 1.44. The summed E-state index contributed by atoms with van der Waals surface area (Å²) in [6.07, 6.45) is 0.895. The fourth-order valence-electron chi connectivity index (χ4n) is 3.24. The average Bonchev–Trinajstić information content (AvgIpc) is 3.41. The van der Waals surface area contributed by atoms with E-state index in [0.717, 1.165) is 33.0 Å². The first-order valence-electron chi connectivity index (χ1n) is 9.21. The van der Waals surface area contributed by atoms with E-state index in [0.29, 0.717) is 24.3 Å². The molecule has 0 aliphatic rings. The number of aromatic amines is 1. The van der Waals surface area contributed by atoms with Crippen LogP contribution in [0.15, 0.2) is 53.9 Å². The van der Waals surface area contributed by atoms with Crippen molar-refractivity contribution in [1.82, 2.24) is 9.97 Å². The van der Waals surface area contributed by atoms with Crippen molar-refractivity contribution >= 4 is 34.0 Å². The molecule has 0 radical (unpaired) electrons. The fraction of sp³-hybridized carbons (Fsp3) is 0.182. The number of amides is 1. The first-order chi connectivity index (χ1) is 14.2. The lowest BCUT2D eigenvalue weighted by Crippen LogP contribution is -2.12. The molecule has 0 bridgehead atoms. The van der Waals surface area contributed by atoms with E-state index in [1.54, 1.807) is 25.6 Å². The molecule has 1 amide bonds. The molecule has 6 nitrogen and oxygen atoms in total. The van der Waals surface area contributed by atoms with Crippen LogP contribution in [0.4, 0.5) is 5.69 Å². The van der Waals surface area contributed by atoms with Crippen LogP contribution >= 0.6 is 11.3 Å². The number of aryl methyl sites for hydroxylation is 1. The third-order valence-corrected chi connectivity index (χ3v) is 5.50. The number of benzene rings is 2. The summed E-state index contributed by atoms with van der Waals surface area (Å²) in [7, 11) is 3.20. The largest absolute Gasteiger partial charge is 0.493 e. The Morgan fingerprint density at radius 3 is 2.79 bits per heavy atom. The van der Waals surface area contributed by atoms with Gasteiger partial charge in [-0.05, 0) is 47.7 Å². The van der Waals surface area contributed by atoms with Gasteiger partial charge in [0.1, 0.15) is 5.82 Å². The molecule has 0 saturated carbocycles. The lowest BCUT2D eigenvalue weighted by molar-refractivity contribution is -0.116. The predicted octanol–water partition coefficient (Wildman–Crippen LogP) is 4.88. The number of anilines is 1. The smallest absolute Gasteiger partial charge is 0.224 e. The number of fused-ring (bicyclic) bond motifs is 1. The van der Waals surface area contributed by atoms with E-state index in [4.69, 9.17) is 9.47 Å². The minimum Gasteiger partial charge on any atom is -0.493 e. The van der Waals surface area contributed by atoms with Gasteiger partial charge in [0.25, 0.3) is 0 Å². The van der Waals surface area contributed by atoms with Crippen LogP contribution in [0.1, 0.15) is 12.0 Å². The van der Waals surface area contributed by atoms with Crippen LogP contribution in [-0.4, -0.2) is 30.1 Å². The van der Waals surface area contributed by atoms with Crippen LogP contribution in [0.2, 0.25) is 0 Å². The van der Waals surface area contributed by atoms with Gasteiger partial charge < -0.3 is 19.8 Å². The van der Waals surface area contributed by atoms with Gasteiger partial charge in [0.2, 0.25) is 5.91 Å². The molecule has 4 aromatic rings. The Kier molecular flexibility index (Phi) is 5.48. The number of thiophene rings is 1. The summed E-state index contributed by atoms with van der Waals surface area (Å²) >= 11 is 1.63. The number of hydrogen-bond acceptors (Lipinski definition) is 5. The second-order valence-corrected chi connectivity index (χ2v) is 7.44. The molecule has 2 heterocycles. The van der Waals surface area contributed by atoms with Crippen LogP contribution in [0.3, 0.4) is 0 Å². The SMILES string of the molecule is COc1cccc(CCC(=O)Nc2ccc3nc(-c4cccs4)[nH]c3c2)c1OC. The number of rotatable bonds is 7. The third-order valence-electron chi connectivity index (χ3n) is 4.63. The van der Waals surface area contributed by atoms with Gasteiger partial charge in [0.15, 0.2) is 11.5 Å². The van der Waals surface area contributed by atoms with E-state index in [9.17, 15) is 4.79 Å². The Hall–Kier alpha value is -3.32. The summed E-state index contributed by atoms with van der Waals surface area (Å²) in [4.78, 5) is 21.5. The number of hydrogen-bond donors (Lipinski definition) is 2. The molecule has 0 spiro atoms. The second kappa shape index (κ2) is 8.36. The minimum atomic E-state index is -0.0628. The van der Waals surface area contributed by atoms with Gasteiger partial charge in [-0.1, -0.05) is 18.2 Å². The highest BCUT2D eigenvalue weighted by Crippen LogP contribution is 2.31. The first-order valence-corrected chi connectivity index (χ1v) is 10.1. The van der Waals surface area contributed by atoms with E-state index in [-0.39, 0.29) is 5.91 Å². The van der Waals surface area contributed by atoms with E-state index in [1.165, 1.54) is 0 Å². The van der Waals surface area contributed by atoms with Crippen molar-refractivity contribution in [2.45, 2.75) is 12.8 Å². The van der Waals surface area contributed by atoms with Crippen molar-refractivity contribution in [2.75, 3.05) is 19.5 Å². The molecule has 0 unspecified atom stereocenters. The van der Waals surface area contributed by atoms with Crippen molar-refractivity contribution in [1.29, 1.82) is 0 Å². The molecule has 7 heteroatoms. The Morgan fingerprint density at radius 2 is 2.03 bits per heavy atom. The quantitative estimate of drug-likeness (QED) is 0.458. The number of aromatic nitrogens is 2. The summed E-state index contributed by atoms with van der Waals surface area (Å²) in [6.45, 7) is 0. The van der Waals surface area contributed by atoms with Crippen molar-refractivity contribution < 1.29 is 14.3 Å². The van der Waals surface area contributed by atoms with Crippen molar-refractivity contribution in [3.63, 3.8) is 0 Å². The number of methoxy groups -OCH3 is 2. The number of nitrogens with zero attached hydrogens (tertiary/aromatic N) is 1. The van der Waals surface area contributed by atoms with Gasteiger partial charge in [-0.15, -0.1) is 11.3 Å². The highest BCUT2D eigenvalue weighted by atomic mass is 32.1. The normalized spacial score (nSPS) is 10.8. The van der Waals surface area contributed by atoms with E-state index in [1.807, 2.05) is 53.9 Å². The van der Waals surface area contributed by atoms with Crippen molar-refractivity contribution in [3.05, 3.63) is 59.5 Å². The van der Waals surface area contributed by atoms with Crippen LogP contribution in [0.25, 0.3) is 21.7 Å². The highest BCUT2D eigenvalue weighted by Gasteiger charge is 2.12. The summed E-state index contributed by atoms with van der Waals surface area (Å²) < 4.78 is 10.7. The van der Waals surface area contributed by atoms with Gasteiger partial charge in [-0.25, -0.2) is 4.98 Å². The van der Waals surface area contributed by atoms with Crippen LogP contribution in [0, 0.1) is 0 Å². The molecule has 29 heavy (non-hydrogen) atoms. The molecule has 2 aromatic heterocycles. The predicted molar refractivity (Wildman–Crippen MR) is 116 cm³/mol. The zero-order chi connectivity index (χ0) is 20.2. The monoisotopic (exact) mass is 407 g/mol. The second-order valence-electron chi connectivity index (χ2n) is 6.50. The zero-order valence-corrected chi connectivity index (χ0v) is 17.0. The molecular weight excluding hydrogens is 386 g/mol. The van der Waals surface area contributed by atoms with Crippen LogP contribution < -0.4 is 14.8 Å². The lowest BCUT2D eigenvalue weighted by atomic mass is 10.1. The molecule has 2 aromatic carbocycles. The molecule has 0 aliphatic carbocycles. The van der Waals surface area contributed by atoms with Crippen LogP contribution in [0.5, 0.6) is 11.5 Å². The maximum atomic E-state index is 12.5.